The van der Waals surface area contributed by atoms with Crippen LogP contribution >= 0.6 is 0 Å². The lowest BCUT2D eigenvalue weighted by Gasteiger charge is -2.11. The molecule has 96 valence electrons. The number of carbonyl (C=O) groups is 1. The summed E-state index contributed by atoms with van der Waals surface area (Å²) in [7, 11) is 0. The van der Waals surface area contributed by atoms with Crippen LogP contribution in [0.15, 0.2) is 18.2 Å². The van der Waals surface area contributed by atoms with E-state index in [-0.39, 0.29) is 19.3 Å². The van der Waals surface area contributed by atoms with E-state index in [9.17, 15) is 10.0 Å². The van der Waals surface area contributed by atoms with Gasteiger partial charge in [-0.05, 0) is 36.0 Å². The topological polar surface area (TPSA) is 85.0 Å². The van der Waals surface area contributed by atoms with Gasteiger partial charge in [0.05, 0.1) is 6.54 Å². The molecular weight excluding hydrogens is 236 g/mol. The number of carbonyl (C=O) groups excluding carboxylic acids is 1. The summed E-state index contributed by atoms with van der Waals surface area (Å²) >= 11 is 0. The van der Waals surface area contributed by atoms with Gasteiger partial charge in [-0.25, -0.2) is 9.86 Å². The van der Waals surface area contributed by atoms with Crippen molar-refractivity contribution in [1.29, 1.82) is 0 Å². The first-order chi connectivity index (χ1) is 8.65. The van der Waals surface area contributed by atoms with Gasteiger partial charge < -0.3 is 15.2 Å². The van der Waals surface area contributed by atoms with Crippen molar-refractivity contribution in [2.75, 3.05) is 13.3 Å². The Hall–Kier alpha value is -1.95. The Balaban J connectivity index is 1.66. The lowest BCUT2D eigenvalue weighted by atomic mass is 10.1. The molecule has 1 aromatic carbocycles. The number of hydrogen-bond acceptors (Lipinski definition) is 4. The number of urea groups is 1. The third kappa shape index (κ3) is 1.95. The Morgan fingerprint density at radius 1 is 1.44 bits per heavy atom. The van der Waals surface area contributed by atoms with Crippen molar-refractivity contribution in [3.8, 4) is 11.5 Å². The molecule has 3 N–H and O–H groups in total. The second-order valence-corrected chi connectivity index (χ2v) is 4.64. The number of nitrogens with two attached hydrogens (primary N) is 1. The van der Waals surface area contributed by atoms with Crippen molar-refractivity contribution in [3.63, 3.8) is 0 Å². The second-order valence-electron chi connectivity index (χ2n) is 4.64. The Morgan fingerprint density at radius 3 is 3.00 bits per heavy atom. The van der Waals surface area contributed by atoms with E-state index in [0.717, 1.165) is 23.5 Å². The quantitative estimate of drug-likeness (QED) is 0.625. The number of hydrogen-bond donors (Lipinski definition) is 2. The van der Waals surface area contributed by atoms with Crippen LogP contribution in [0.3, 0.4) is 0 Å². The first-order valence-electron chi connectivity index (χ1n) is 5.80. The van der Waals surface area contributed by atoms with Gasteiger partial charge in [-0.2, -0.15) is 0 Å². The molecule has 0 aromatic heterocycles. The first-order valence-corrected chi connectivity index (χ1v) is 5.80. The van der Waals surface area contributed by atoms with Crippen LogP contribution in [0, 0.1) is 5.92 Å². The van der Waals surface area contributed by atoms with Gasteiger partial charge in [0.15, 0.2) is 11.5 Å². The van der Waals surface area contributed by atoms with Crippen molar-refractivity contribution in [2.24, 2.45) is 11.7 Å². The Morgan fingerprint density at radius 2 is 2.22 bits per heavy atom. The van der Waals surface area contributed by atoms with Gasteiger partial charge in [0.25, 0.3) is 0 Å². The Labute approximate surface area is 104 Å². The fraction of sp³-hybridized carbons (Fsp3) is 0.417. The summed E-state index contributed by atoms with van der Waals surface area (Å²) in [5.74, 6) is 2.11. The van der Waals surface area contributed by atoms with Crippen LogP contribution in [0.25, 0.3) is 0 Å². The standard InChI is InChI=1S/C12H14N2O4/c13-12(15)14(16)5-8-3-9(8)7-1-2-10-11(4-7)18-6-17-10/h1-2,4,8-9,16H,3,5-6H2,(H2,13,15). The molecular formula is C12H14N2O4. The monoisotopic (exact) mass is 250 g/mol. The van der Waals surface area contributed by atoms with Gasteiger partial charge in [-0.3, -0.25) is 5.21 Å². The van der Waals surface area contributed by atoms with Crippen LogP contribution in [0.4, 0.5) is 4.79 Å². The minimum Gasteiger partial charge on any atom is -0.454 e. The summed E-state index contributed by atoms with van der Waals surface area (Å²) in [4.78, 5) is 10.7. The molecule has 0 saturated heterocycles. The van der Waals surface area contributed by atoms with Gasteiger partial charge in [0.1, 0.15) is 0 Å². The normalized spacial score (nSPS) is 23.8. The highest BCUT2D eigenvalue weighted by atomic mass is 16.7. The number of hydroxylamine groups is 2. The van der Waals surface area contributed by atoms with Gasteiger partial charge in [-0.15, -0.1) is 0 Å². The van der Waals surface area contributed by atoms with Crippen molar-refractivity contribution in [2.45, 2.75) is 12.3 Å². The fourth-order valence-electron chi connectivity index (χ4n) is 2.31. The summed E-state index contributed by atoms with van der Waals surface area (Å²) in [6.45, 7) is 0.535. The molecule has 2 unspecified atom stereocenters. The third-order valence-electron chi connectivity index (χ3n) is 3.41. The predicted molar refractivity (Wildman–Crippen MR) is 61.5 cm³/mol. The maximum Gasteiger partial charge on any atom is 0.338 e. The molecule has 3 rings (SSSR count). The maximum atomic E-state index is 10.7. The van der Waals surface area contributed by atoms with Crippen molar-refractivity contribution >= 4 is 6.03 Å². The maximum absolute atomic E-state index is 10.7. The highest BCUT2D eigenvalue weighted by molar-refractivity contribution is 5.70. The molecule has 2 aliphatic rings. The van der Waals surface area contributed by atoms with Crippen LogP contribution in [-0.4, -0.2) is 29.6 Å². The Bertz CT molecular complexity index is 491. The molecule has 2 atom stereocenters. The van der Waals surface area contributed by atoms with E-state index in [4.69, 9.17) is 15.2 Å². The van der Waals surface area contributed by atoms with E-state index in [1.165, 1.54) is 0 Å². The van der Waals surface area contributed by atoms with Crippen LogP contribution in [-0.2, 0) is 0 Å². The molecule has 6 heteroatoms. The average Bonchev–Trinajstić information content (AvgIpc) is 2.95. The largest absolute Gasteiger partial charge is 0.454 e. The van der Waals surface area contributed by atoms with E-state index in [1.807, 2.05) is 18.2 Å². The number of primary amides is 1. The van der Waals surface area contributed by atoms with Crippen molar-refractivity contribution in [1.82, 2.24) is 5.06 Å². The highest BCUT2D eigenvalue weighted by Crippen LogP contribution is 2.49. The third-order valence-corrected chi connectivity index (χ3v) is 3.41. The van der Waals surface area contributed by atoms with Gasteiger partial charge in [0.2, 0.25) is 6.79 Å². The zero-order valence-corrected chi connectivity index (χ0v) is 9.70. The zero-order chi connectivity index (χ0) is 12.7. The van der Waals surface area contributed by atoms with Crippen LogP contribution in [0.1, 0.15) is 17.9 Å². The number of fused-ring (bicyclic) bond motifs is 1. The van der Waals surface area contributed by atoms with Gasteiger partial charge in [-0.1, -0.05) is 6.07 Å². The van der Waals surface area contributed by atoms with Crippen molar-refractivity contribution in [3.05, 3.63) is 23.8 Å². The molecule has 1 heterocycles. The van der Waals surface area contributed by atoms with Crippen LogP contribution in [0.5, 0.6) is 11.5 Å². The van der Waals surface area contributed by atoms with E-state index >= 15 is 0 Å². The minimum atomic E-state index is -0.814. The van der Waals surface area contributed by atoms with E-state index in [1.54, 1.807) is 0 Å². The summed E-state index contributed by atoms with van der Waals surface area (Å²) in [6.07, 6.45) is 0.935. The summed E-state index contributed by atoms with van der Waals surface area (Å²) in [5.41, 5.74) is 6.11. The molecule has 1 aromatic rings. The van der Waals surface area contributed by atoms with Crippen molar-refractivity contribution < 1.29 is 19.5 Å². The predicted octanol–water partition coefficient (Wildman–Crippen LogP) is 1.29. The van der Waals surface area contributed by atoms with Crippen LogP contribution in [0.2, 0.25) is 0 Å². The molecule has 1 fully saturated rings. The average molecular weight is 250 g/mol. The number of benzene rings is 1. The SMILES string of the molecule is NC(=O)N(O)CC1CC1c1ccc2c(c1)OCO2. The number of nitrogens with zero attached hydrogens (tertiary/aromatic N) is 1. The molecule has 1 saturated carbocycles. The Kier molecular flexibility index (Phi) is 2.52. The molecule has 1 aliphatic carbocycles. The van der Waals surface area contributed by atoms with E-state index < -0.39 is 6.03 Å². The van der Waals surface area contributed by atoms with Crippen LogP contribution < -0.4 is 15.2 Å². The molecule has 0 bridgehead atoms. The minimum absolute atomic E-state index is 0.253. The lowest BCUT2D eigenvalue weighted by Crippen LogP contribution is -2.34. The highest BCUT2D eigenvalue weighted by Gasteiger charge is 2.40. The molecule has 0 spiro atoms. The summed E-state index contributed by atoms with van der Waals surface area (Å²) in [5, 5.41) is 9.84. The molecule has 18 heavy (non-hydrogen) atoms. The first kappa shape index (κ1) is 11.2. The zero-order valence-electron chi connectivity index (χ0n) is 9.70. The number of rotatable bonds is 3. The summed E-state index contributed by atoms with van der Waals surface area (Å²) in [6, 6.07) is 5.02. The van der Waals surface area contributed by atoms with E-state index in [0.29, 0.717) is 11.0 Å². The molecule has 6 nitrogen and oxygen atoms in total. The van der Waals surface area contributed by atoms with Gasteiger partial charge >= 0.3 is 6.03 Å². The molecule has 0 radical (unpaired) electrons. The lowest BCUT2D eigenvalue weighted by molar-refractivity contribution is -0.0431. The number of ether oxygens (including phenoxy) is 2. The smallest absolute Gasteiger partial charge is 0.338 e. The van der Waals surface area contributed by atoms with E-state index in [2.05, 4.69) is 0 Å². The summed E-state index contributed by atoms with van der Waals surface area (Å²) < 4.78 is 10.6. The molecule has 2 amide bonds. The van der Waals surface area contributed by atoms with Gasteiger partial charge in [0, 0.05) is 0 Å². The second kappa shape index (κ2) is 4.06. The fourth-order valence-corrected chi connectivity index (χ4v) is 2.31. The molecule has 1 aliphatic heterocycles. The number of amides is 2.